The summed E-state index contributed by atoms with van der Waals surface area (Å²) in [7, 11) is 0. The Morgan fingerprint density at radius 3 is 2.00 bits per heavy atom. The Kier molecular flexibility index (Phi) is 5.46. The van der Waals surface area contributed by atoms with Crippen molar-refractivity contribution in [3.8, 4) is 17.1 Å². The normalized spacial score (nSPS) is 12.4. The van der Waals surface area contributed by atoms with E-state index in [1.807, 2.05) is 0 Å². The van der Waals surface area contributed by atoms with Crippen LogP contribution >= 0.6 is 0 Å². The molecule has 0 unspecified atom stereocenters. The van der Waals surface area contributed by atoms with Crippen LogP contribution in [0.2, 0.25) is 0 Å². The summed E-state index contributed by atoms with van der Waals surface area (Å²) in [6.07, 6.45) is 0.997. The second-order valence-corrected chi connectivity index (χ2v) is 10.00. The Bertz CT molecular complexity index is 1010. The fraction of sp³-hybridized carbons (Fsp3) is 0.462. The molecule has 3 aromatic rings. The van der Waals surface area contributed by atoms with Gasteiger partial charge in [-0.2, -0.15) is 0 Å². The van der Waals surface area contributed by atoms with Crippen LogP contribution in [0.4, 0.5) is 0 Å². The topological polar surface area (TPSA) is 30.7 Å². The molecule has 0 spiro atoms. The van der Waals surface area contributed by atoms with Gasteiger partial charge < -0.3 is 0 Å². The molecule has 1 aromatic heterocycles. The van der Waals surface area contributed by atoms with E-state index in [9.17, 15) is 0 Å². The molecule has 3 nitrogen and oxygen atoms in total. The largest absolute Gasteiger partial charge is 0.278 e. The summed E-state index contributed by atoms with van der Waals surface area (Å²) in [6.45, 7) is 20.1. The SMILES string of the molecule is CCC(C)(C)c1nnc(-c2cccc(C)c2)n1-c1c(C)cc(C(C)(C)C)cc1C. The highest BCUT2D eigenvalue weighted by atomic mass is 15.3. The number of benzene rings is 2. The lowest BCUT2D eigenvalue weighted by Gasteiger charge is -2.27. The highest BCUT2D eigenvalue weighted by Gasteiger charge is 2.30. The van der Waals surface area contributed by atoms with Crippen molar-refractivity contribution in [1.82, 2.24) is 14.8 Å². The Balaban J connectivity index is 2.35. The Morgan fingerprint density at radius 1 is 0.862 bits per heavy atom. The standard InChI is InChI=1S/C26H35N3/c1-10-26(8,9)24-28-27-23(20-13-11-12-17(2)14-20)29(24)22-18(3)15-21(16-19(22)4)25(5,6)7/h11-16H,10H2,1-9H3. The van der Waals surface area contributed by atoms with E-state index in [2.05, 4.69) is 108 Å². The van der Waals surface area contributed by atoms with E-state index in [4.69, 9.17) is 5.10 Å². The summed E-state index contributed by atoms with van der Waals surface area (Å²) in [5, 5.41) is 9.39. The zero-order valence-corrected chi connectivity index (χ0v) is 19.5. The Hall–Kier alpha value is -2.42. The number of hydrogen-bond donors (Lipinski definition) is 0. The summed E-state index contributed by atoms with van der Waals surface area (Å²) < 4.78 is 2.30. The average molecular weight is 390 g/mol. The van der Waals surface area contributed by atoms with Gasteiger partial charge in [-0.15, -0.1) is 10.2 Å². The lowest BCUT2D eigenvalue weighted by atomic mass is 9.84. The van der Waals surface area contributed by atoms with Gasteiger partial charge in [0.2, 0.25) is 0 Å². The fourth-order valence-corrected chi connectivity index (χ4v) is 3.81. The lowest BCUT2D eigenvalue weighted by Crippen LogP contribution is -2.23. The van der Waals surface area contributed by atoms with E-state index in [1.165, 1.54) is 27.9 Å². The molecule has 3 heteroatoms. The van der Waals surface area contributed by atoms with E-state index < -0.39 is 0 Å². The highest BCUT2D eigenvalue weighted by molar-refractivity contribution is 5.63. The van der Waals surface area contributed by atoms with Gasteiger partial charge >= 0.3 is 0 Å². The van der Waals surface area contributed by atoms with Crippen LogP contribution in [-0.4, -0.2) is 14.8 Å². The summed E-state index contributed by atoms with van der Waals surface area (Å²) in [5.74, 6) is 1.94. The molecule has 0 aliphatic heterocycles. The zero-order valence-electron chi connectivity index (χ0n) is 19.5. The molecule has 2 aromatic carbocycles. The first kappa shape index (κ1) is 21.3. The molecule has 29 heavy (non-hydrogen) atoms. The molecule has 0 amide bonds. The second kappa shape index (κ2) is 7.44. The Labute approximate surface area is 176 Å². The molecule has 0 bridgehead atoms. The molecule has 0 fully saturated rings. The summed E-state index contributed by atoms with van der Waals surface area (Å²) in [4.78, 5) is 0. The van der Waals surface area contributed by atoms with Gasteiger partial charge in [-0.1, -0.05) is 77.4 Å². The summed E-state index contributed by atoms with van der Waals surface area (Å²) >= 11 is 0. The third-order valence-electron chi connectivity index (χ3n) is 6.01. The van der Waals surface area contributed by atoms with Crippen LogP contribution in [0.15, 0.2) is 36.4 Å². The van der Waals surface area contributed by atoms with Gasteiger partial charge in [0, 0.05) is 11.0 Å². The van der Waals surface area contributed by atoms with Gasteiger partial charge in [0.25, 0.3) is 0 Å². The molecule has 0 saturated heterocycles. The zero-order chi connectivity index (χ0) is 21.6. The van der Waals surface area contributed by atoms with E-state index in [0.29, 0.717) is 0 Å². The number of aryl methyl sites for hydroxylation is 3. The second-order valence-electron chi connectivity index (χ2n) is 10.00. The van der Waals surface area contributed by atoms with E-state index in [1.54, 1.807) is 0 Å². The quantitative estimate of drug-likeness (QED) is 0.489. The molecular formula is C26H35N3. The minimum atomic E-state index is -0.0728. The van der Waals surface area contributed by atoms with Crippen molar-refractivity contribution in [2.75, 3.05) is 0 Å². The van der Waals surface area contributed by atoms with Crippen molar-refractivity contribution in [2.24, 2.45) is 0 Å². The Morgan fingerprint density at radius 2 is 1.48 bits per heavy atom. The first-order valence-corrected chi connectivity index (χ1v) is 10.6. The van der Waals surface area contributed by atoms with Crippen LogP contribution in [0.25, 0.3) is 17.1 Å². The number of nitrogens with zero attached hydrogens (tertiary/aromatic N) is 3. The van der Waals surface area contributed by atoms with Gasteiger partial charge in [0.05, 0.1) is 5.69 Å². The summed E-state index contributed by atoms with van der Waals surface area (Å²) in [6, 6.07) is 13.2. The van der Waals surface area contributed by atoms with Crippen molar-refractivity contribution in [1.29, 1.82) is 0 Å². The maximum Gasteiger partial charge on any atom is 0.168 e. The first-order valence-electron chi connectivity index (χ1n) is 10.6. The van der Waals surface area contributed by atoms with Crippen molar-refractivity contribution in [3.05, 3.63) is 64.5 Å². The predicted octanol–water partition coefficient (Wildman–Crippen LogP) is 6.84. The number of hydrogen-bond acceptors (Lipinski definition) is 2. The molecule has 0 saturated carbocycles. The molecule has 0 N–H and O–H groups in total. The van der Waals surface area contributed by atoms with Crippen LogP contribution < -0.4 is 0 Å². The fourth-order valence-electron chi connectivity index (χ4n) is 3.81. The van der Waals surface area contributed by atoms with E-state index in [-0.39, 0.29) is 10.8 Å². The van der Waals surface area contributed by atoms with Crippen LogP contribution in [-0.2, 0) is 10.8 Å². The smallest absolute Gasteiger partial charge is 0.168 e. The van der Waals surface area contributed by atoms with Crippen LogP contribution in [0, 0.1) is 20.8 Å². The number of aromatic nitrogens is 3. The van der Waals surface area contributed by atoms with Gasteiger partial charge in [0.15, 0.2) is 5.82 Å². The van der Waals surface area contributed by atoms with E-state index in [0.717, 1.165) is 23.6 Å². The first-order chi connectivity index (χ1) is 13.5. The van der Waals surface area contributed by atoms with Crippen LogP contribution in [0.1, 0.15) is 76.0 Å². The van der Waals surface area contributed by atoms with Gasteiger partial charge in [0.1, 0.15) is 5.82 Å². The highest BCUT2D eigenvalue weighted by Crippen LogP contribution is 2.36. The molecule has 0 atom stereocenters. The lowest BCUT2D eigenvalue weighted by molar-refractivity contribution is 0.464. The molecule has 0 aliphatic rings. The number of rotatable bonds is 4. The van der Waals surface area contributed by atoms with Crippen molar-refractivity contribution < 1.29 is 0 Å². The average Bonchev–Trinajstić information content (AvgIpc) is 3.06. The molecule has 0 radical (unpaired) electrons. The molecule has 3 rings (SSSR count). The maximum atomic E-state index is 4.71. The molecule has 154 valence electrons. The predicted molar refractivity (Wildman–Crippen MR) is 123 cm³/mol. The third kappa shape index (κ3) is 4.01. The van der Waals surface area contributed by atoms with Crippen molar-refractivity contribution in [3.63, 3.8) is 0 Å². The van der Waals surface area contributed by atoms with Crippen LogP contribution in [0.5, 0.6) is 0 Å². The van der Waals surface area contributed by atoms with Crippen LogP contribution in [0.3, 0.4) is 0 Å². The minimum Gasteiger partial charge on any atom is -0.278 e. The van der Waals surface area contributed by atoms with Gasteiger partial charge in [-0.25, -0.2) is 0 Å². The summed E-state index contributed by atoms with van der Waals surface area (Å²) in [5.41, 5.74) is 7.46. The van der Waals surface area contributed by atoms with Crippen molar-refractivity contribution in [2.45, 2.75) is 79.6 Å². The van der Waals surface area contributed by atoms with Crippen molar-refractivity contribution >= 4 is 0 Å². The third-order valence-corrected chi connectivity index (χ3v) is 6.01. The van der Waals surface area contributed by atoms with E-state index >= 15 is 0 Å². The van der Waals surface area contributed by atoms with Gasteiger partial charge in [-0.3, -0.25) is 4.57 Å². The monoisotopic (exact) mass is 389 g/mol. The minimum absolute atomic E-state index is 0.0728. The molecule has 0 aliphatic carbocycles. The molecular weight excluding hydrogens is 354 g/mol. The van der Waals surface area contributed by atoms with Gasteiger partial charge in [-0.05, 0) is 55.4 Å². The molecule has 1 heterocycles. The maximum absolute atomic E-state index is 4.71.